The van der Waals surface area contributed by atoms with Crippen molar-refractivity contribution >= 4 is 34.7 Å². The fourth-order valence-electron chi connectivity index (χ4n) is 2.38. The number of carbonyl (C=O) groups is 1. The van der Waals surface area contributed by atoms with Crippen LogP contribution in [0.3, 0.4) is 0 Å². The zero-order valence-electron chi connectivity index (χ0n) is 14.8. The molecule has 2 aromatic heterocycles. The molecule has 0 fully saturated rings. The summed E-state index contributed by atoms with van der Waals surface area (Å²) in [4.78, 5) is 34.8. The lowest BCUT2D eigenvalue weighted by Gasteiger charge is -2.10. The minimum atomic E-state index is -0.582. The molecule has 0 amide bonds. The van der Waals surface area contributed by atoms with E-state index < -0.39 is 10.9 Å². The van der Waals surface area contributed by atoms with Crippen molar-refractivity contribution in [1.82, 2.24) is 15.0 Å². The van der Waals surface area contributed by atoms with Gasteiger partial charge in [-0.2, -0.15) is 0 Å². The van der Waals surface area contributed by atoms with Gasteiger partial charge in [0.15, 0.2) is 0 Å². The van der Waals surface area contributed by atoms with Crippen LogP contribution < -0.4 is 10.6 Å². The van der Waals surface area contributed by atoms with Crippen LogP contribution in [0.25, 0.3) is 0 Å². The molecule has 3 rings (SSSR count). The second-order valence-corrected chi connectivity index (χ2v) is 5.46. The number of benzene rings is 1. The first-order valence-electron chi connectivity index (χ1n) is 8.29. The van der Waals surface area contributed by atoms with Crippen LogP contribution in [-0.2, 0) is 4.74 Å². The highest BCUT2D eigenvalue weighted by Gasteiger charge is 2.23. The average Bonchev–Trinajstić information content (AvgIpc) is 2.69. The minimum Gasteiger partial charge on any atom is -0.462 e. The lowest BCUT2D eigenvalue weighted by atomic mass is 10.2. The first-order chi connectivity index (χ1) is 13.6. The standard InChI is InChI=1S/C18H16N6O4/c1-2-28-18(25)12-4-3-5-14(10-12)23-17-15(24(26)27)16(20-11-21-17)22-13-6-8-19-9-7-13/h3-11H,2H2,1H3,(H2,19,20,21,22,23). The number of aromatic nitrogens is 3. The first-order valence-corrected chi connectivity index (χ1v) is 8.29. The molecule has 0 aliphatic heterocycles. The number of nitro groups is 1. The van der Waals surface area contributed by atoms with E-state index in [1.807, 2.05) is 0 Å². The van der Waals surface area contributed by atoms with Crippen molar-refractivity contribution in [3.05, 3.63) is 70.8 Å². The third-order valence-electron chi connectivity index (χ3n) is 3.58. The molecule has 0 unspecified atom stereocenters. The van der Waals surface area contributed by atoms with Gasteiger partial charge in [-0.15, -0.1) is 0 Å². The van der Waals surface area contributed by atoms with Gasteiger partial charge in [-0.3, -0.25) is 15.1 Å². The fourth-order valence-corrected chi connectivity index (χ4v) is 2.38. The molecule has 10 heteroatoms. The molecule has 10 nitrogen and oxygen atoms in total. The molecule has 0 radical (unpaired) electrons. The Morgan fingerprint density at radius 3 is 2.43 bits per heavy atom. The zero-order chi connectivity index (χ0) is 19.9. The predicted molar refractivity (Wildman–Crippen MR) is 102 cm³/mol. The van der Waals surface area contributed by atoms with Crippen molar-refractivity contribution in [2.45, 2.75) is 6.92 Å². The van der Waals surface area contributed by atoms with Crippen LogP contribution in [0, 0.1) is 10.1 Å². The monoisotopic (exact) mass is 380 g/mol. The summed E-state index contributed by atoms with van der Waals surface area (Å²) >= 11 is 0. The van der Waals surface area contributed by atoms with Crippen LogP contribution in [0.4, 0.5) is 28.7 Å². The van der Waals surface area contributed by atoms with Crippen molar-refractivity contribution in [1.29, 1.82) is 0 Å². The summed E-state index contributed by atoms with van der Waals surface area (Å²) in [5, 5.41) is 17.4. The van der Waals surface area contributed by atoms with Crippen molar-refractivity contribution in [3.8, 4) is 0 Å². The maximum Gasteiger partial charge on any atom is 0.353 e. The third-order valence-corrected chi connectivity index (χ3v) is 3.58. The molecule has 0 saturated carbocycles. The molecule has 0 spiro atoms. The Labute approximate surface area is 159 Å². The summed E-state index contributed by atoms with van der Waals surface area (Å²) in [7, 11) is 0. The Kier molecular flexibility index (Phi) is 5.70. The van der Waals surface area contributed by atoms with Gasteiger partial charge in [0.25, 0.3) is 0 Å². The van der Waals surface area contributed by atoms with Crippen LogP contribution >= 0.6 is 0 Å². The van der Waals surface area contributed by atoms with E-state index in [1.165, 1.54) is 12.4 Å². The van der Waals surface area contributed by atoms with E-state index in [2.05, 4.69) is 25.6 Å². The zero-order valence-corrected chi connectivity index (χ0v) is 14.8. The van der Waals surface area contributed by atoms with Gasteiger partial charge < -0.3 is 15.4 Å². The molecule has 2 N–H and O–H groups in total. The summed E-state index contributed by atoms with van der Waals surface area (Å²) < 4.78 is 4.96. The topological polar surface area (TPSA) is 132 Å². The highest BCUT2D eigenvalue weighted by atomic mass is 16.6. The number of carbonyl (C=O) groups excluding carboxylic acids is 1. The highest BCUT2D eigenvalue weighted by molar-refractivity contribution is 5.91. The second kappa shape index (κ2) is 8.54. The summed E-state index contributed by atoms with van der Waals surface area (Å²) in [6.07, 6.45) is 4.30. The molecular weight excluding hydrogens is 364 g/mol. The van der Waals surface area contributed by atoms with Gasteiger partial charge in [-0.05, 0) is 37.3 Å². The van der Waals surface area contributed by atoms with Gasteiger partial charge in [-0.1, -0.05) is 6.07 Å². The number of hydrogen-bond donors (Lipinski definition) is 2. The second-order valence-electron chi connectivity index (χ2n) is 5.46. The van der Waals surface area contributed by atoms with Gasteiger partial charge in [0.1, 0.15) is 6.33 Å². The number of hydrogen-bond acceptors (Lipinski definition) is 9. The van der Waals surface area contributed by atoms with E-state index in [9.17, 15) is 14.9 Å². The SMILES string of the molecule is CCOC(=O)c1cccc(Nc2ncnc(Nc3ccncc3)c2[N+](=O)[O-])c1. The number of pyridine rings is 1. The Hall–Kier alpha value is -4.08. The molecule has 142 valence electrons. The van der Waals surface area contributed by atoms with Gasteiger partial charge in [0, 0.05) is 23.8 Å². The summed E-state index contributed by atoms with van der Waals surface area (Å²) in [5.41, 5.74) is 1.02. The number of nitrogens with one attached hydrogen (secondary N) is 2. The minimum absolute atomic E-state index is 0.0161. The normalized spacial score (nSPS) is 10.2. The molecule has 1 aromatic carbocycles. The molecule has 0 aliphatic carbocycles. The van der Waals surface area contributed by atoms with Gasteiger partial charge in [-0.25, -0.2) is 14.8 Å². The van der Waals surface area contributed by atoms with E-state index in [0.29, 0.717) is 16.9 Å². The molecule has 0 saturated heterocycles. The van der Waals surface area contributed by atoms with E-state index >= 15 is 0 Å². The van der Waals surface area contributed by atoms with Crippen molar-refractivity contribution in [2.24, 2.45) is 0 Å². The summed E-state index contributed by atoms with van der Waals surface area (Å²) in [6, 6.07) is 9.72. The van der Waals surface area contributed by atoms with Crippen LogP contribution in [0.5, 0.6) is 0 Å². The molecule has 0 atom stereocenters. The van der Waals surface area contributed by atoms with E-state index in [0.717, 1.165) is 0 Å². The van der Waals surface area contributed by atoms with E-state index in [1.54, 1.807) is 49.6 Å². The molecule has 2 heterocycles. The quantitative estimate of drug-likeness (QED) is 0.359. The van der Waals surface area contributed by atoms with Crippen molar-refractivity contribution in [3.63, 3.8) is 0 Å². The van der Waals surface area contributed by atoms with Crippen molar-refractivity contribution < 1.29 is 14.5 Å². The van der Waals surface area contributed by atoms with Gasteiger partial charge in [0.2, 0.25) is 11.6 Å². The van der Waals surface area contributed by atoms with Crippen molar-refractivity contribution in [2.75, 3.05) is 17.2 Å². The Bertz CT molecular complexity index is 996. The maximum atomic E-state index is 11.9. The Balaban J connectivity index is 1.92. The molecule has 0 aliphatic rings. The number of ether oxygens (including phenoxy) is 1. The lowest BCUT2D eigenvalue weighted by Crippen LogP contribution is -2.07. The first kappa shape index (κ1) is 18.7. The Morgan fingerprint density at radius 2 is 1.79 bits per heavy atom. The van der Waals surface area contributed by atoms with Crippen LogP contribution in [0.1, 0.15) is 17.3 Å². The summed E-state index contributed by atoms with van der Waals surface area (Å²) in [6.45, 7) is 1.96. The average molecular weight is 380 g/mol. The van der Waals surface area contributed by atoms with Gasteiger partial charge in [0.05, 0.1) is 17.1 Å². The number of anilines is 4. The van der Waals surface area contributed by atoms with E-state index in [4.69, 9.17) is 4.74 Å². The number of rotatable bonds is 7. The van der Waals surface area contributed by atoms with E-state index in [-0.39, 0.29) is 23.9 Å². The Morgan fingerprint density at radius 1 is 1.11 bits per heavy atom. The predicted octanol–water partition coefficient (Wildman–Crippen LogP) is 3.44. The lowest BCUT2D eigenvalue weighted by molar-refractivity contribution is -0.383. The molecule has 0 bridgehead atoms. The molecule has 28 heavy (non-hydrogen) atoms. The highest BCUT2D eigenvalue weighted by Crippen LogP contribution is 2.32. The molecular formula is C18H16N6O4. The summed E-state index contributed by atoms with van der Waals surface area (Å²) in [5.74, 6) is -0.476. The number of esters is 1. The number of nitrogens with zero attached hydrogens (tertiary/aromatic N) is 4. The smallest absolute Gasteiger partial charge is 0.353 e. The maximum absolute atomic E-state index is 11.9. The van der Waals surface area contributed by atoms with Crippen LogP contribution in [0.15, 0.2) is 55.1 Å². The third kappa shape index (κ3) is 4.36. The van der Waals surface area contributed by atoms with Crippen LogP contribution in [-0.4, -0.2) is 32.5 Å². The van der Waals surface area contributed by atoms with Gasteiger partial charge >= 0.3 is 11.7 Å². The molecule has 3 aromatic rings. The fraction of sp³-hybridized carbons (Fsp3) is 0.111. The van der Waals surface area contributed by atoms with Crippen LogP contribution in [0.2, 0.25) is 0 Å². The largest absolute Gasteiger partial charge is 0.462 e.